The standard InChI is InChI=1S/C25H28N4O4S/c1-15-8-6-13-22(16(15)2)28-24(31)20-11-4-5-12-21(20)27-25(28)34-17(3)23(30)26-18-9-7-10-19(14-18)29(32)33/h4-5,7,9-12,14-17,22H,6,8,13H2,1-3H3,(H,26,30)/t15-,16+,17-,22+/m0/s1. The van der Waals surface area contributed by atoms with Gasteiger partial charge in [0.05, 0.1) is 21.1 Å². The summed E-state index contributed by atoms with van der Waals surface area (Å²) >= 11 is 1.24. The molecule has 1 saturated carbocycles. The van der Waals surface area contributed by atoms with Crippen molar-refractivity contribution < 1.29 is 9.72 Å². The molecule has 34 heavy (non-hydrogen) atoms. The van der Waals surface area contributed by atoms with E-state index in [0.29, 0.717) is 33.6 Å². The molecule has 4 atom stereocenters. The van der Waals surface area contributed by atoms with Gasteiger partial charge in [-0.2, -0.15) is 0 Å². The Hall–Kier alpha value is -3.20. The maximum Gasteiger partial charge on any atom is 0.271 e. The first-order chi connectivity index (χ1) is 16.3. The second-order valence-electron chi connectivity index (χ2n) is 8.98. The van der Waals surface area contributed by atoms with Crippen molar-refractivity contribution in [3.8, 4) is 0 Å². The molecule has 1 aliphatic carbocycles. The summed E-state index contributed by atoms with van der Waals surface area (Å²) in [6.45, 7) is 6.15. The predicted molar refractivity (Wildman–Crippen MR) is 134 cm³/mol. The number of carbonyl (C=O) groups is 1. The van der Waals surface area contributed by atoms with Crippen LogP contribution in [-0.4, -0.2) is 25.6 Å². The Morgan fingerprint density at radius 3 is 2.74 bits per heavy atom. The van der Waals surface area contributed by atoms with Gasteiger partial charge in [0.15, 0.2) is 5.16 Å². The number of benzene rings is 2. The van der Waals surface area contributed by atoms with Crippen molar-refractivity contribution in [3.05, 3.63) is 69.0 Å². The highest BCUT2D eigenvalue weighted by Gasteiger charge is 2.32. The summed E-state index contributed by atoms with van der Waals surface area (Å²) in [6.07, 6.45) is 3.08. The third-order valence-electron chi connectivity index (χ3n) is 6.75. The molecule has 1 aliphatic rings. The van der Waals surface area contributed by atoms with E-state index in [1.165, 1.54) is 30.0 Å². The van der Waals surface area contributed by atoms with Crippen LogP contribution < -0.4 is 10.9 Å². The molecule has 0 saturated heterocycles. The Kier molecular flexibility index (Phi) is 7.02. The second-order valence-corrected chi connectivity index (χ2v) is 10.3. The van der Waals surface area contributed by atoms with Gasteiger partial charge in [-0.05, 0) is 43.4 Å². The number of para-hydroxylation sites is 1. The molecule has 1 aromatic heterocycles. The number of fused-ring (bicyclic) bond motifs is 1. The smallest absolute Gasteiger partial charge is 0.271 e. The zero-order chi connectivity index (χ0) is 24.4. The lowest BCUT2D eigenvalue weighted by Crippen LogP contribution is -2.36. The summed E-state index contributed by atoms with van der Waals surface area (Å²) in [7, 11) is 0. The Balaban J connectivity index is 1.66. The molecule has 8 nitrogen and oxygen atoms in total. The minimum Gasteiger partial charge on any atom is -0.325 e. The number of amides is 1. The Morgan fingerprint density at radius 1 is 1.21 bits per heavy atom. The molecule has 1 heterocycles. The Bertz CT molecular complexity index is 1290. The molecule has 0 radical (unpaired) electrons. The first-order valence-electron chi connectivity index (χ1n) is 11.5. The van der Waals surface area contributed by atoms with Gasteiger partial charge in [0, 0.05) is 23.9 Å². The predicted octanol–water partition coefficient (Wildman–Crippen LogP) is 5.42. The van der Waals surface area contributed by atoms with Crippen molar-refractivity contribution in [2.45, 2.75) is 56.5 Å². The number of aromatic nitrogens is 2. The second kappa shape index (κ2) is 9.97. The zero-order valence-electron chi connectivity index (χ0n) is 19.4. The average Bonchev–Trinajstić information content (AvgIpc) is 2.82. The summed E-state index contributed by atoms with van der Waals surface area (Å²) in [5, 5.41) is 14.3. The van der Waals surface area contributed by atoms with Crippen molar-refractivity contribution in [2.75, 3.05) is 5.32 Å². The number of nitro groups is 1. The van der Waals surface area contributed by atoms with Crippen LogP contribution in [0.3, 0.4) is 0 Å². The van der Waals surface area contributed by atoms with E-state index in [4.69, 9.17) is 4.98 Å². The summed E-state index contributed by atoms with van der Waals surface area (Å²) < 4.78 is 1.80. The van der Waals surface area contributed by atoms with Crippen molar-refractivity contribution in [2.24, 2.45) is 11.8 Å². The van der Waals surface area contributed by atoms with E-state index in [2.05, 4.69) is 19.2 Å². The van der Waals surface area contributed by atoms with Gasteiger partial charge >= 0.3 is 0 Å². The molecule has 1 N–H and O–H groups in total. The topological polar surface area (TPSA) is 107 Å². The normalized spacial score (nSPS) is 21.2. The number of nitrogens with zero attached hydrogens (tertiary/aromatic N) is 3. The van der Waals surface area contributed by atoms with Crippen LogP contribution in [0.15, 0.2) is 58.5 Å². The number of non-ortho nitro benzene ring substituents is 1. The third kappa shape index (κ3) is 4.84. The average molecular weight is 481 g/mol. The van der Waals surface area contributed by atoms with Gasteiger partial charge in [-0.15, -0.1) is 0 Å². The summed E-state index contributed by atoms with van der Waals surface area (Å²) in [6, 6.07) is 13.1. The van der Waals surface area contributed by atoms with E-state index in [9.17, 15) is 19.7 Å². The lowest BCUT2D eigenvalue weighted by molar-refractivity contribution is -0.384. The van der Waals surface area contributed by atoms with Gasteiger partial charge < -0.3 is 5.32 Å². The fourth-order valence-corrected chi connectivity index (χ4v) is 5.54. The number of rotatable bonds is 6. The molecule has 2 aromatic carbocycles. The van der Waals surface area contributed by atoms with E-state index in [1.54, 1.807) is 23.6 Å². The molecule has 178 valence electrons. The van der Waals surface area contributed by atoms with E-state index in [-0.39, 0.29) is 23.2 Å². The maximum absolute atomic E-state index is 13.6. The molecule has 0 bridgehead atoms. The van der Waals surface area contributed by atoms with Gasteiger partial charge in [0.2, 0.25) is 5.91 Å². The van der Waals surface area contributed by atoms with Crippen molar-refractivity contribution in [1.82, 2.24) is 9.55 Å². The quantitative estimate of drug-likeness (QED) is 0.218. The van der Waals surface area contributed by atoms with Crippen LogP contribution in [-0.2, 0) is 4.79 Å². The van der Waals surface area contributed by atoms with Crippen LogP contribution in [0, 0.1) is 22.0 Å². The highest BCUT2D eigenvalue weighted by molar-refractivity contribution is 8.00. The van der Waals surface area contributed by atoms with Gasteiger partial charge in [-0.25, -0.2) is 4.98 Å². The first-order valence-corrected chi connectivity index (χ1v) is 12.4. The third-order valence-corrected chi connectivity index (χ3v) is 7.81. The van der Waals surface area contributed by atoms with E-state index in [0.717, 1.165) is 19.3 Å². The van der Waals surface area contributed by atoms with E-state index < -0.39 is 10.2 Å². The van der Waals surface area contributed by atoms with Crippen LogP contribution in [0.2, 0.25) is 0 Å². The monoisotopic (exact) mass is 480 g/mol. The van der Waals surface area contributed by atoms with Crippen molar-refractivity contribution >= 4 is 39.9 Å². The van der Waals surface area contributed by atoms with Crippen LogP contribution in [0.25, 0.3) is 10.9 Å². The van der Waals surface area contributed by atoms with Crippen LogP contribution >= 0.6 is 11.8 Å². The van der Waals surface area contributed by atoms with Gasteiger partial charge in [-0.3, -0.25) is 24.3 Å². The number of hydrogen-bond acceptors (Lipinski definition) is 6. The minimum absolute atomic E-state index is 0.0166. The number of nitrogens with one attached hydrogen (secondary N) is 1. The molecule has 0 aliphatic heterocycles. The molecule has 0 spiro atoms. The van der Waals surface area contributed by atoms with E-state index >= 15 is 0 Å². The molecular formula is C25H28N4O4S. The largest absolute Gasteiger partial charge is 0.325 e. The SMILES string of the molecule is C[C@H]1[C@H](n2c(S[C@@H](C)C(=O)Nc3cccc([N+](=O)[O-])c3)nc3ccccc3c2=O)CCC[C@@H]1C. The number of nitro benzene ring substituents is 1. The number of hydrogen-bond donors (Lipinski definition) is 1. The molecule has 9 heteroatoms. The van der Waals surface area contributed by atoms with Gasteiger partial charge in [0.1, 0.15) is 0 Å². The van der Waals surface area contributed by atoms with Gasteiger partial charge in [-0.1, -0.05) is 56.7 Å². The molecule has 3 aromatic rings. The number of carbonyl (C=O) groups excluding carboxylic acids is 1. The fraction of sp³-hybridized carbons (Fsp3) is 0.400. The lowest BCUT2D eigenvalue weighted by Gasteiger charge is -2.36. The van der Waals surface area contributed by atoms with Gasteiger partial charge in [0.25, 0.3) is 11.2 Å². The Labute approximate surface area is 201 Å². The van der Waals surface area contributed by atoms with Crippen LogP contribution in [0.4, 0.5) is 11.4 Å². The van der Waals surface area contributed by atoms with Crippen LogP contribution in [0.5, 0.6) is 0 Å². The zero-order valence-corrected chi connectivity index (χ0v) is 20.2. The molecular weight excluding hydrogens is 452 g/mol. The van der Waals surface area contributed by atoms with Crippen molar-refractivity contribution in [3.63, 3.8) is 0 Å². The molecule has 1 fully saturated rings. The molecule has 1 amide bonds. The highest BCUT2D eigenvalue weighted by Crippen LogP contribution is 2.39. The summed E-state index contributed by atoms with van der Waals surface area (Å²) in [5.74, 6) is 0.483. The number of thioether (sulfide) groups is 1. The van der Waals surface area contributed by atoms with Crippen molar-refractivity contribution in [1.29, 1.82) is 0 Å². The lowest BCUT2D eigenvalue weighted by atomic mass is 9.78. The molecule has 4 rings (SSSR count). The molecule has 0 unspecified atom stereocenters. The van der Waals surface area contributed by atoms with E-state index in [1.807, 2.05) is 18.2 Å². The number of anilines is 1. The fourth-order valence-electron chi connectivity index (χ4n) is 4.57. The minimum atomic E-state index is -0.574. The summed E-state index contributed by atoms with van der Waals surface area (Å²) in [4.78, 5) is 41.9. The highest BCUT2D eigenvalue weighted by atomic mass is 32.2. The van der Waals surface area contributed by atoms with Crippen LogP contribution in [0.1, 0.15) is 46.1 Å². The summed E-state index contributed by atoms with van der Waals surface area (Å²) in [5.41, 5.74) is 0.785. The Morgan fingerprint density at radius 2 is 1.97 bits per heavy atom. The first kappa shape index (κ1) is 23.9. The maximum atomic E-state index is 13.6.